The molecule has 0 aromatic heterocycles. The number of carbonyl (C=O) groups excluding carboxylic acids is 1. The molecule has 1 atom stereocenters. The number of carbonyl (C=O) groups is 1. The molecule has 1 fully saturated rings. The maximum atomic E-state index is 13.1. The lowest BCUT2D eigenvalue weighted by molar-refractivity contribution is -0.129. The molecule has 0 radical (unpaired) electrons. The molecule has 166 valence electrons. The van der Waals surface area contributed by atoms with E-state index in [1.54, 1.807) is 19.1 Å². The van der Waals surface area contributed by atoms with Gasteiger partial charge in [0.15, 0.2) is 11.5 Å². The Kier molecular flexibility index (Phi) is 6.47. The van der Waals surface area contributed by atoms with E-state index >= 15 is 0 Å². The molecule has 2 aromatic carbocycles. The molecule has 1 unspecified atom stereocenters. The third-order valence-electron chi connectivity index (χ3n) is 5.62. The number of fused-ring (bicyclic) bond motifs is 1. The Morgan fingerprint density at radius 2 is 1.88 bits per heavy atom. The minimum atomic E-state index is -0.303. The van der Waals surface area contributed by atoms with Gasteiger partial charge in [0.25, 0.3) is 0 Å². The second-order valence-corrected chi connectivity index (χ2v) is 8.34. The van der Waals surface area contributed by atoms with Crippen molar-refractivity contribution in [3.63, 3.8) is 0 Å². The predicted octanol–water partition coefficient (Wildman–Crippen LogP) is 4.32. The van der Waals surface area contributed by atoms with Crippen LogP contribution in [0.2, 0.25) is 0 Å². The van der Waals surface area contributed by atoms with Crippen LogP contribution < -0.4 is 19.1 Å². The van der Waals surface area contributed by atoms with Crippen molar-refractivity contribution in [2.75, 3.05) is 38.3 Å². The van der Waals surface area contributed by atoms with E-state index < -0.39 is 0 Å². The van der Waals surface area contributed by atoms with Crippen LogP contribution in [-0.4, -0.2) is 44.2 Å². The van der Waals surface area contributed by atoms with Gasteiger partial charge in [-0.05, 0) is 48.9 Å². The average molecular weight is 452 g/mol. The SMILES string of the molecule is CCOc1ccc(N2CSC3=C(C#N)C(c4ccc(OC)c(OC)c4)CC(=O)N3C2)cc1. The summed E-state index contributed by atoms with van der Waals surface area (Å²) in [6, 6.07) is 15.8. The number of nitrogens with zero attached hydrogens (tertiary/aromatic N) is 3. The van der Waals surface area contributed by atoms with Crippen molar-refractivity contribution in [3.05, 3.63) is 58.6 Å². The smallest absolute Gasteiger partial charge is 0.229 e. The molecule has 0 N–H and O–H groups in total. The fraction of sp³-hybridized carbons (Fsp3) is 0.333. The maximum Gasteiger partial charge on any atom is 0.229 e. The fourth-order valence-electron chi connectivity index (χ4n) is 4.00. The predicted molar refractivity (Wildman–Crippen MR) is 124 cm³/mol. The Hall–Kier alpha value is -3.31. The first-order valence-corrected chi connectivity index (χ1v) is 11.3. The number of methoxy groups -OCH3 is 2. The Bertz CT molecular complexity index is 1080. The number of thioether (sulfide) groups is 1. The number of hydrogen-bond donors (Lipinski definition) is 0. The summed E-state index contributed by atoms with van der Waals surface area (Å²) in [5, 5.41) is 10.7. The number of rotatable bonds is 6. The fourth-order valence-corrected chi connectivity index (χ4v) is 5.17. The molecule has 2 aromatic rings. The van der Waals surface area contributed by atoms with Crippen molar-refractivity contribution >= 4 is 23.4 Å². The molecule has 7 nitrogen and oxygen atoms in total. The van der Waals surface area contributed by atoms with E-state index in [0.29, 0.717) is 36.2 Å². The van der Waals surface area contributed by atoms with Gasteiger partial charge in [-0.3, -0.25) is 9.69 Å². The summed E-state index contributed by atoms with van der Waals surface area (Å²) in [5.74, 6) is 2.37. The number of nitriles is 1. The molecular formula is C24H25N3O4S. The topological polar surface area (TPSA) is 75.0 Å². The molecule has 0 bridgehead atoms. The summed E-state index contributed by atoms with van der Waals surface area (Å²) >= 11 is 1.52. The van der Waals surface area contributed by atoms with Crippen molar-refractivity contribution in [1.29, 1.82) is 5.26 Å². The van der Waals surface area contributed by atoms with E-state index in [1.807, 2.05) is 49.4 Å². The van der Waals surface area contributed by atoms with Gasteiger partial charge in [0.2, 0.25) is 5.91 Å². The minimum absolute atomic E-state index is 0.00178. The molecule has 2 aliphatic heterocycles. The highest BCUT2D eigenvalue weighted by Crippen LogP contribution is 2.44. The summed E-state index contributed by atoms with van der Waals surface area (Å²) in [4.78, 5) is 17.0. The molecule has 1 amide bonds. The first-order valence-electron chi connectivity index (χ1n) is 10.4. The van der Waals surface area contributed by atoms with Crippen LogP contribution in [0.5, 0.6) is 17.2 Å². The van der Waals surface area contributed by atoms with Crippen molar-refractivity contribution in [1.82, 2.24) is 4.90 Å². The quantitative estimate of drug-likeness (QED) is 0.647. The summed E-state index contributed by atoms with van der Waals surface area (Å²) in [5.41, 5.74) is 2.50. The van der Waals surface area contributed by atoms with E-state index in [-0.39, 0.29) is 18.2 Å². The molecule has 4 rings (SSSR count). The normalized spacial score (nSPS) is 18.2. The van der Waals surface area contributed by atoms with Gasteiger partial charge >= 0.3 is 0 Å². The highest BCUT2D eigenvalue weighted by molar-refractivity contribution is 8.03. The van der Waals surface area contributed by atoms with E-state index in [0.717, 1.165) is 22.0 Å². The lowest BCUT2D eigenvalue weighted by Gasteiger charge is -2.42. The van der Waals surface area contributed by atoms with Crippen LogP contribution in [0.1, 0.15) is 24.8 Å². The van der Waals surface area contributed by atoms with Crippen LogP contribution in [0.25, 0.3) is 0 Å². The number of benzene rings is 2. The zero-order valence-electron chi connectivity index (χ0n) is 18.3. The summed E-state index contributed by atoms with van der Waals surface area (Å²) in [6.45, 7) is 2.99. The lowest BCUT2D eigenvalue weighted by Crippen LogP contribution is -2.47. The molecule has 0 saturated carbocycles. The monoisotopic (exact) mass is 451 g/mol. The number of amides is 1. The molecule has 1 saturated heterocycles. The number of hydrogen-bond acceptors (Lipinski definition) is 7. The summed E-state index contributed by atoms with van der Waals surface area (Å²) < 4.78 is 16.3. The van der Waals surface area contributed by atoms with Crippen LogP contribution in [0, 0.1) is 11.3 Å². The summed E-state index contributed by atoms with van der Waals surface area (Å²) in [7, 11) is 3.16. The van der Waals surface area contributed by atoms with Crippen LogP contribution in [-0.2, 0) is 4.79 Å². The van der Waals surface area contributed by atoms with Gasteiger partial charge in [0.05, 0.1) is 50.0 Å². The van der Waals surface area contributed by atoms with Crippen LogP contribution in [0.15, 0.2) is 53.1 Å². The lowest BCUT2D eigenvalue weighted by atomic mass is 9.86. The molecule has 2 aliphatic rings. The molecule has 0 spiro atoms. The van der Waals surface area contributed by atoms with Gasteiger partial charge in [-0.25, -0.2) is 0 Å². The van der Waals surface area contributed by atoms with E-state index in [4.69, 9.17) is 14.2 Å². The molecular weight excluding hydrogens is 426 g/mol. The molecule has 32 heavy (non-hydrogen) atoms. The number of anilines is 1. The molecule has 0 aliphatic carbocycles. The van der Waals surface area contributed by atoms with Gasteiger partial charge < -0.3 is 19.1 Å². The Labute approximate surface area is 192 Å². The summed E-state index contributed by atoms with van der Waals surface area (Å²) in [6.07, 6.45) is 0.236. The van der Waals surface area contributed by atoms with Crippen LogP contribution in [0.4, 0.5) is 5.69 Å². The largest absolute Gasteiger partial charge is 0.494 e. The van der Waals surface area contributed by atoms with Gasteiger partial charge in [0.1, 0.15) is 5.75 Å². The third kappa shape index (κ3) is 4.08. The Morgan fingerprint density at radius 1 is 1.12 bits per heavy atom. The zero-order valence-corrected chi connectivity index (χ0v) is 19.1. The highest BCUT2D eigenvalue weighted by atomic mass is 32.2. The van der Waals surface area contributed by atoms with Crippen molar-refractivity contribution in [2.24, 2.45) is 0 Å². The van der Waals surface area contributed by atoms with Gasteiger partial charge in [-0.15, -0.1) is 0 Å². The van der Waals surface area contributed by atoms with Crippen molar-refractivity contribution in [2.45, 2.75) is 19.3 Å². The van der Waals surface area contributed by atoms with Crippen molar-refractivity contribution < 1.29 is 19.0 Å². The van der Waals surface area contributed by atoms with Gasteiger partial charge in [0, 0.05) is 18.0 Å². The average Bonchev–Trinajstić information content (AvgIpc) is 2.84. The number of ether oxygens (including phenoxy) is 3. The van der Waals surface area contributed by atoms with E-state index in [1.165, 1.54) is 11.8 Å². The standard InChI is InChI=1S/C24H25N3O4S/c1-4-31-18-8-6-17(7-9-18)26-14-27-23(28)12-19(20(13-25)24(27)32-15-26)16-5-10-21(29-2)22(11-16)30-3/h5-11,19H,4,12,14-15H2,1-3H3. The number of allylic oxidation sites excluding steroid dienone is 1. The first kappa shape index (κ1) is 21.9. The molecule has 8 heteroatoms. The first-order chi connectivity index (χ1) is 15.6. The minimum Gasteiger partial charge on any atom is -0.494 e. The second-order valence-electron chi connectivity index (χ2n) is 7.41. The highest BCUT2D eigenvalue weighted by Gasteiger charge is 2.38. The third-order valence-corrected chi connectivity index (χ3v) is 6.77. The van der Waals surface area contributed by atoms with Crippen molar-refractivity contribution in [3.8, 4) is 23.3 Å². The van der Waals surface area contributed by atoms with Gasteiger partial charge in [-0.1, -0.05) is 17.8 Å². The van der Waals surface area contributed by atoms with E-state index in [9.17, 15) is 10.1 Å². The van der Waals surface area contributed by atoms with Gasteiger partial charge in [-0.2, -0.15) is 5.26 Å². The molecule has 2 heterocycles. The second kappa shape index (κ2) is 9.45. The van der Waals surface area contributed by atoms with Crippen LogP contribution in [0.3, 0.4) is 0 Å². The maximum absolute atomic E-state index is 13.1. The Balaban J connectivity index is 1.61. The zero-order chi connectivity index (χ0) is 22.7. The van der Waals surface area contributed by atoms with E-state index in [2.05, 4.69) is 11.0 Å². The Morgan fingerprint density at radius 3 is 2.53 bits per heavy atom. The van der Waals surface area contributed by atoms with Crippen LogP contribution >= 0.6 is 11.8 Å².